The number of carbonyl (C=O) groups is 1. The second-order valence-electron chi connectivity index (χ2n) is 3.59. The average Bonchev–Trinajstić information content (AvgIpc) is 2.38. The summed E-state index contributed by atoms with van der Waals surface area (Å²) in [4.78, 5) is 20.1. The predicted molar refractivity (Wildman–Crippen MR) is 66.7 cm³/mol. The Morgan fingerprint density at radius 2 is 2.06 bits per heavy atom. The summed E-state index contributed by atoms with van der Waals surface area (Å²) in [6, 6.07) is 5.29. The van der Waals surface area contributed by atoms with Gasteiger partial charge in [-0.15, -0.1) is 6.58 Å². The number of amides is 1. The zero-order chi connectivity index (χ0) is 12.1. The third kappa shape index (κ3) is 2.66. The lowest BCUT2D eigenvalue weighted by Crippen LogP contribution is -2.24. The first-order chi connectivity index (χ1) is 8.31. The highest BCUT2D eigenvalue weighted by Crippen LogP contribution is 2.10. The minimum atomic E-state index is -0.0978. The first-order valence-corrected chi connectivity index (χ1v) is 5.41. The van der Waals surface area contributed by atoms with E-state index in [0.717, 1.165) is 17.5 Å². The van der Waals surface area contributed by atoms with Gasteiger partial charge in [-0.1, -0.05) is 6.08 Å². The van der Waals surface area contributed by atoms with E-state index in [1.165, 1.54) is 0 Å². The number of nitrogens with zero attached hydrogens (tertiary/aromatic N) is 2. The van der Waals surface area contributed by atoms with Crippen molar-refractivity contribution in [2.45, 2.75) is 6.42 Å². The Balaban J connectivity index is 2.18. The van der Waals surface area contributed by atoms with Crippen LogP contribution < -0.4 is 5.32 Å². The second kappa shape index (κ2) is 5.21. The predicted octanol–water partition coefficient (Wildman–Crippen LogP) is 1.94. The lowest BCUT2D eigenvalue weighted by molar-refractivity contribution is 0.0954. The number of rotatable bonds is 4. The molecule has 0 fully saturated rings. The van der Waals surface area contributed by atoms with E-state index in [1.54, 1.807) is 36.7 Å². The van der Waals surface area contributed by atoms with Gasteiger partial charge in [-0.2, -0.15) is 0 Å². The van der Waals surface area contributed by atoms with E-state index in [9.17, 15) is 4.79 Å². The maximum absolute atomic E-state index is 11.8. The number of hydrogen-bond acceptors (Lipinski definition) is 3. The molecule has 4 nitrogen and oxygen atoms in total. The molecule has 0 spiro atoms. The largest absolute Gasteiger partial charge is 0.352 e. The molecule has 1 heterocycles. The van der Waals surface area contributed by atoms with Crippen LogP contribution in [0.25, 0.3) is 11.0 Å². The Morgan fingerprint density at radius 1 is 1.29 bits per heavy atom. The van der Waals surface area contributed by atoms with E-state index in [0.29, 0.717) is 12.1 Å². The fourth-order valence-electron chi connectivity index (χ4n) is 1.49. The molecule has 1 amide bonds. The molecular weight excluding hydrogens is 214 g/mol. The summed E-state index contributed by atoms with van der Waals surface area (Å²) >= 11 is 0. The van der Waals surface area contributed by atoms with Crippen molar-refractivity contribution in [1.82, 2.24) is 15.3 Å². The Labute approximate surface area is 99.4 Å². The zero-order valence-corrected chi connectivity index (χ0v) is 9.39. The van der Waals surface area contributed by atoms with E-state index in [2.05, 4.69) is 21.9 Å². The number of hydrogen-bond donors (Lipinski definition) is 1. The monoisotopic (exact) mass is 227 g/mol. The van der Waals surface area contributed by atoms with Crippen molar-refractivity contribution in [3.8, 4) is 0 Å². The fourth-order valence-corrected chi connectivity index (χ4v) is 1.49. The molecule has 0 saturated heterocycles. The van der Waals surface area contributed by atoms with Crippen molar-refractivity contribution in [3.05, 3.63) is 48.8 Å². The van der Waals surface area contributed by atoms with E-state index >= 15 is 0 Å². The van der Waals surface area contributed by atoms with Crippen LogP contribution in [-0.4, -0.2) is 22.4 Å². The fraction of sp³-hybridized carbons (Fsp3) is 0.154. The van der Waals surface area contributed by atoms with Crippen LogP contribution in [0.1, 0.15) is 16.8 Å². The van der Waals surface area contributed by atoms with Gasteiger partial charge in [0.1, 0.15) is 0 Å². The van der Waals surface area contributed by atoms with Gasteiger partial charge in [-0.05, 0) is 24.6 Å². The number of carbonyl (C=O) groups excluding carboxylic acids is 1. The minimum absolute atomic E-state index is 0.0978. The summed E-state index contributed by atoms with van der Waals surface area (Å²) in [6.07, 6.45) is 5.78. The molecule has 1 aromatic carbocycles. The Kier molecular flexibility index (Phi) is 3.45. The van der Waals surface area contributed by atoms with E-state index < -0.39 is 0 Å². The molecule has 0 saturated carbocycles. The van der Waals surface area contributed by atoms with Gasteiger partial charge >= 0.3 is 0 Å². The lowest BCUT2D eigenvalue weighted by Gasteiger charge is -2.04. The summed E-state index contributed by atoms with van der Waals surface area (Å²) in [5.41, 5.74) is 2.11. The molecule has 0 aliphatic carbocycles. The van der Waals surface area contributed by atoms with Gasteiger partial charge in [0.2, 0.25) is 0 Å². The average molecular weight is 227 g/mol. The standard InChI is InChI=1S/C13H13N3O/c1-2-3-6-16-13(17)10-4-5-11-12(9-10)15-8-7-14-11/h2,4-5,7-9H,1,3,6H2,(H,16,17). The molecule has 0 aliphatic heterocycles. The molecule has 4 heteroatoms. The molecule has 86 valence electrons. The molecule has 2 aromatic rings. The normalized spacial score (nSPS) is 10.1. The first-order valence-electron chi connectivity index (χ1n) is 5.41. The number of aromatic nitrogens is 2. The van der Waals surface area contributed by atoms with Crippen LogP contribution in [0, 0.1) is 0 Å². The third-order valence-corrected chi connectivity index (χ3v) is 2.37. The number of fused-ring (bicyclic) bond motifs is 1. The molecule has 0 unspecified atom stereocenters. The second-order valence-corrected chi connectivity index (χ2v) is 3.59. The highest BCUT2D eigenvalue weighted by atomic mass is 16.1. The Hall–Kier alpha value is -2.23. The first kappa shape index (κ1) is 11.3. The molecule has 1 aromatic heterocycles. The molecule has 0 atom stereocenters. The van der Waals surface area contributed by atoms with Crippen LogP contribution in [0.15, 0.2) is 43.2 Å². The SMILES string of the molecule is C=CCCNC(=O)c1ccc2nccnc2c1. The van der Waals surface area contributed by atoms with Crippen LogP contribution in [0.4, 0.5) is 0 Å². The maximum Gasteiger partial charge on any atom is 0.251 e. The highest BCUT2D eigenvalue weighted by molar-refractivity contribution is 5.97. The smallest absolute Gasteiger partial charge is 0.251 e. The summed E-state index contributed by atoms with van der Waals surface area (Å²) in [5, 5.41) is 2.81. The van der Waals surface area contributed by atoms with E-state index in [-0.39, 0.29) is 5.91 Å². The van der Waals surface area contributed by atoms with Crippen molar-refractivity contribution in [1.29, 1.82) is 0 Å². The van der Waals surface area contributed by atoms with Crippen LogP contribution in [0.3, 0.4) is 0 Å². The molecule has 17 heavy (non-hydrogen) atoms. The summed E-state index contributed by atoms with van der Waals surface area (Å²) < 4.78 is 0. The van der Waals surface area contributed by atoms with Gasteiger partial charge in [0.05, 0.1) is 11.0 Å². The number of nitrogens with one attached hydrogen (secondary N) is 1. The van der Waals surface area contributed by atoms with Gasteiger partial charge in [-0.25, -0.2) is 0 Å². The maximum atomic E-state index is 11.8. The van der Waals surface area contributed by atoms with Crippen LogP contribution in [0.5, 0.6) is 0 Å². The summed E-state index contributed by atoms with van der Waals surface area (Å²) in [6.45, 7) is 4.20. The highest BCUT2D eigenvalue weighted by Gasteiger charge is 2.05. The molecule has 0 aliphatic rings. The van der Waals surface area contributed by atoms with Crippen molar-refractivity contribution >= 4 is 16.9 Å². The van der Waals surface area contributed by atoms with Gasteiger partial charge < -0.3 is 5.32 Å². The molecule has 1 N–H and O–H groups in total. The molecule has 0 bridgehead atoms. The van der Waals surface area contributed by atoms with Gasteiger partial charge in [0.25, 0.3) is 5.91 Å². The van der Waals surface area contributed by atoms with E-state index in [4.69, 9.17) is 0 Å². The van der Waals surface area contributed by atoms with Crippen LogP contribution in [-0.2, 0) is 0 Å². The molecular formula is C13H13N3O. The third-order valence-electron chi connectivity index (χ3n) is 2.37. The van der Waals surface area contributed by atoms with Gasteiger partial charge in [0.15, 0.2) is 0 Å². The van der Waals surface area contributed by atoms with Crippen molar-refractivity contribution in [2.75, 3.05) is 6.54 Å². The summed E-state index contributed by atoms with van der Waals surface area (Å²) in [5.74, 6) is -0.0978. The van der Waals surface area contributed by atoms with Crippen molar-refractivity contribution in [2.24, 2.45) is 0 Å². The van der Waals surface area contributed by atoms with Gasteiger partial charge in [-0.3, -0.25) is 14.8 Å². The van der Waals surface area contributed by atoms with Crippen LogP contribution in [0.2, 0.25) is 0 Å². The Morgan fingerprint density at radius 3 is 2.82 bits per heavy atom. The topological polar surface area (TPSA) is 54.9 Å². The minimum Gasteiger partial charge on any atom is -0.352 e. The van der Waals surface area contributed by atoms with Crippen molar-refractivity contribution < 1.29 is 4.79 Å². The zero-order valence-electron chi connectivity index (χ0n) is 9.39. The Bertz CT molecular complexity index is 551. The molecule has 0 radical (unpaired) electrons. The van der Waals surface area contributed by atoms with Crippen molar-refractivity contribution in [3.63, 3.8) is 0 Å². The quantitative estimate of drug-likeness (QED) is 0.641. The number of benzene rings is 1. The molecule has 2 rings (SSSR count). The van der Waals surface area contributed by atoms with Crippen LogP contribution >= 0.6 is 0 Å². The lowest BCUT2D eigenvalue weighted by atomic mass is 10.2. The van der Waals surface area contributed by atoms with Gasteiger partial charge in [0, 0.05) is 24.5 Å². The summed E-state index contributed by atoms with van der Waals surface area (Å²) in [7, 11) is 0. The van der Waals surface area contributed by atoms with E-state index in [1.807, 2.05) is 0 Å².